The van der Waals surface area contributed by atoms with Crippen LogP contribution in [0.1, 0.15) is 23.2 Å². The van der Waals surface area contributed by atoms with E-state index in [0.717, 1.165) is 37.5 Å². The highest BCUT2D eigenvalue weighted by molar-refractivity contribution is 7.99. The first-order valence-corrected chi connectivity index (χ1v) is 8.69. The Morgan fingerprint density at radius 2 is 2.26 bits per heavy atom. The summed E-state index contributed by atoms with van der Waals surface area (Å²) in [5, 5.41) is 14.6. The van der Waals surface area contributed by atoms with Gasteiger partial charge < -0.3 is 10.1 Å². The molecule has 7 nitrogen and oxygen atoms in total. The van der Waals surface area contributed by atoms with Gasteiger partial charge in [-0.1, -0.05) is 6.07 Å². The minimum atomic E-state index is -0.0764. The number of hydrogen-bond acceptors (Lipinski definition) is 6. The van der Waals surface area contributed by atoms with Gasteiger partial charge in [-0.05, 0) is 41.5 Å². The SMILES string of the molecule is O=C(NCCSC1CCOCC1)c1cccc(-n2cnnn2)c1. The Balaban J connectivity index is 1.47. The number of carbonyl (C=O) groups is 1. The lowest BCUT2D eigenvalue weighted by Gasteiger charge is -2.21. The highest BCUT2D eigenvalue weighted by atomic mass is 32.2. The van der Waals surface area contributed by atoms with Crippen molar-refractivity contribution in [1.82, 2.24) is 25.5 Å². The van der Waals surface area contributed by atoms with Crippen LogP contribution >= 0.6 is 11.8 Å². The summed E-state index contributed by atoms with van der Waals surface area (Å²) >= 11 is 1.91. The molecule has 0 bridgehead atoms. The number of aromatic nitrogens is 4. The fourth-order valence-electron chi connectivity index (χ4n) is 2.40. The third-order valence-electron chi connectivity index (χ3n) is 3.63. The van der Waals surface area contributed by atoms with Crippen LogP contribution in [0.15, 0.2) is 30.6 Å². The molecule has 1 aliphatic rings. The molecule has 0 unspecified atom stereocenters. The summed E-state index contributed by atoms with van der Waals surface area (Å²) in [6.45, 7) is 2.37. The minimum absolute atomic E-state index is 0.0764. The number of ether oxygens (including phenoxy) is 1. The van der Waals surface area contributed by atoms with Crippen molar-refractivity contribution in [2.45, 2.75) is 18.1 Å². The molecule has 1 fully saturated rings. The first kappa shape index (κ1) is 15.9. The second-order valence-electron chi connectivity index (χ2n) is 5.24. The largest absolute Gasteiger partial charge is 0.381 e. The molecular formula is C15H19N5O2S. The van der Waals surface area contributed by atoms with Gasteiger partial charge in [-0.15, -0.1) is 5.10 Å². The number of benzene rings is 1. The molecule has 0 saturated carbocycles. The Morgan fingerprint density at radius 3 is 3.04 bits per heavy atom. The van der Waals surface area contributed by atoms with E-state index in [0.29, 0.717) is 17.4 Å². The molecular weight excluding hydrogens is 314 g/mol. The Labute approximate surface area is 138 Å². The van der Waals surface area contributed by atoms with Crippen molar-refractivity contribution in [3.8, 4) is 5.69 Å². The number of carbonyl (C=O) groups excluding carboxylic acids is 1. The number of tetrazole rings is 1. The second-order valence-corrected chi connectivity index (χ2v) is 6.65. The van der Waals surface area contributed by atoms with Crippen LogP contribution in [-0.2, 0) is 4.74 Å². The Morgan fingerprint density at radius 1 is 1.39 bits per heavy atom. The molecule has 1 saturated heterocycles. The monoisotopic (exact) mass is 333 g/mol. The molecule has 1 aromatic carbocycles. The summed E-state index contributed by atoms with van der Waals surface area (Å²) in [6, 6.07) is 7.24. The predicted octanol–water partition coefficient (Wildman–Crippen LogP) is 1.30. The van der Waals surface area contributed by atoms with Gasteiger partial charge in [0.1, 0.15) is 6.33 Å². The van der Waals surface area contributed by atoms with Crippen LogP contribution in [0.25, 0.3) is 5.69 Å². The van der Waals surface area contributed by atoms with Crippen molar-refractivity contribution in [1.29, 1.82) is 0 Å². The lowest BCUT2D eigenvalue weighted by molar-refractivity contribution is 0.0955. The van der Waals surface area contributed by atoms with Crippen LogP contribution in [0, 0.1) is 0 Å². The summed E-state index contributed by atoms with van der Waals surface area (Å²) in [4.78, 5) is 12.2. The molecule has 3 rings (SSSR count). The molecule has 0 atom stereocenters. The van der Waals surface area contributed by atoms with Gasteiger partial charge in [0, 0.05) is 36.3 Å². The lowest BCUT2D eigenvalue weighted by atomic mass is 10.2. The highest BCUT2D eigenvalue weighted by Crippen LogP contribution is 2.21. The zero-order valence-corrected chi connectivity index (χ0v) is 13.5. The van der Waals surface area contributed by atoms with Crippen LogP contribution in [0.3, 0.4) is 0 Å². The van der Waals surface area contributed by atoms with E-state index >= 15 is 0 Å². The summed E-state index contributed by atoms with van der Waals surface area (Å²) in [7, 11) is 0. The Hall–Kier alpha value is -1.93. The molecule has 23 heavy (non-hydrogen) atoms. The van der Waals surface area contributed by atoms with Crippen LogP contribution in [0.2, 0.25) is 0 Å². The van der Waals surface area contributed by atoms with Crippen LogP contribution in [0.4, 0.5) is 0 Å². The summed E-state index contributed by atoms with van der Waals surface area (Å²) < 4.78 is 6.87. The topological polar surface area (TPSA) is 81.9 Å². The Bertz CT molecular complexity index is 629. The molecule has 8 heteroatoms. The van der Waals surface area contributed by atoms with Crippen LogP contribution in [0.5, 0.6) is 0 Å². The first-order chi connectivity index (χ1) is 11.3. The molecule has 1 amide bonds. The maximum Gasteiger partial charge on any atom is 0.251 e. The van der Waals surface area contributed by atoms with Crippen LogP contribution < -0.4 is 5.32 Å². The van der Waals surface area contributed by atoms with Crippen molar-refractivity contribution in [2.75, 3.05) is 25.5 Å². The van der Waals surface area contributed by atoms with Gasteiger partial charge in [0.15, 0.2) is 0 Å². The van der Waals surface area contributed by atoms with Gasteiger partial charge in [-0.25, -0.2) is 4.68 Å². The van der Waals surface area contributed by atoms with E-state index in [9.17, 15) is 4.79 Å². The molecule has 1 aliphatic heterocycles. The zero-order chi connectivity index (χ0) is 15.9. The molecule has 0 aliphatic carbocycles. The lowest BCUT2D eigenvalue weighted by Crippen LogP contribution is -2.27. The van der Waals surface area contributed by atoms with Crippen molar-refractivity contribution >= 4 is 17.7 Å². The van der Waals surface area contributed by atoms with Crippen molar-refractivity contribution in [3.63, 3.8) is 0 Å². The third kappa shape index (κ3) is 4.52. The average molecular weight is 333 g/mol. The molecule has 0 radical (unpaired) electrons. The number of hydrogen-bond donors (Lipinski definition) is 1. The summed E-state index contributed by atoms with van der Waals surface area (Å²) in [6.07, 6.45) is 3.71. The van der Waals surface area contributed by atoms with Gasteiger partial charge >= 0.3 is 0 Å². The number of nitrogens with zero attached hydrogens (tertiary/aromatic N) is 4. The molecule has 2 aromatic rings. The molecule has 2 heterocycles. The van der Waals surface area contributed by atoms with E-state index in [4.69, 9.17) is 4.74 Å². The molecule has 1 N–H and O–H groups in total. The number of thioether (sulfide) groups is 1. The molecule has 0 spiro atoms. The van der Waals surface area contributed by atoms with Gasteiger partial charge in [0.05, 0.1) is 5.69 Å². The van der Waals surface area contributed by atoms with E-state index in [-0.39, 0.29) is 5.91 Å². The number of rotatable bonds is 6. The maximum absolute atomic E-state index is 12.2. The average Bonchev–Trinajstić information content (AvgIpc) is 3.14. The third-order valence-corrected chi connectivity index (χ3v) is 5.01. The van der Waals surface area contributed by atoms with Gasteiger partial charge in [-0.2, -0.15) is 11.8 Å². The standard InChI is InChI=1S/C15H19N5O2S/c21-15(16-6-9-23-14-4-7-22-8-5-14)12-2-1-3-13(10-12)20-11-17-18-19-20/h1-3,10-11,14H,4-9H2,(H,16,21). The summed E-state index contributed by atoms with van der Waals surface area (Å²) in [5.41, 5.74) is 1.37. The van der Waals surface area contributed by atoms with E-state index in [1.165, 1.54) is 11.0 Å². The maximum atomic E-state index is 12.2. The molecule has 122 valence electrons. The predicted molar refractivity (Wildman–Crippen MR) is 87.8 cm³/mol. The van der Waals surface area contributed by atoms with Crippen LogP contribution in [-0.4, -0.2) is 56.9 Å². The van der Waals surface area contributed by atoms with Crippen molar-refractivity contribution in [2.24, 2.45) is 0 Å². The van der Waals surface area contributed by atoms with Gasteiger partial charge in [-0.3, -0.25) is 4.79 Å². The summed E-state index contributed by atoms with van der Waals surface area (Å²) in [5.74, 6) is 0.843. The minimum Gasteiger partial charge on any atom is -0.381 e. The van der Waals surface area contributed by atoms with E-state index < -0.39 is 0 Å². The number of amides is 1. The first-order valence-electron chi connectivity index (χ1n) is 7.64. The second kappa shape index (κ2) is 8.07. The normalized spacial score (nSPS) is 15.5. The highest BCUT2D eigenvalue weighted by Gasteiger charge is 2.14. The fraction of sp³-hybridized carbons (Fsp3) is 0.467. The Kier molecular flexibility index (Phi) is 5.60. The van der Waals surface area contributed by atoms with E-state index in [2.05, 4.69) is 20.8 Å². The zero-order valence-electron chi connectivity index (χ0n) is 12.7. The van der Waals surface area contributed by atoms with Gasteiger partial charge in [0.2, 0.25) is 0 Å². The van der Waals surface area contributed by atoms with E-state index in [1.54, 1.807) is 12.1 Å². The van der Waals surface area contributed by atoms with Gasteiger partial charge in [0.25, 0.3) is 5.91 Å². The van der Waals surface area contributed by atoms with Crippen molar-refractivity contribution in [3.05, 3.63) is 36.2 Å². The fourth-order valence-corrected chi connectivity index (χ4v) is 3.48. The smallest absolute Gasteiger partial charge is 0.251 e. The van der Waals surface area contributed by atoms with E-state index in [1.807, 2.05) is 23.9 Å². The van der Waals surface area contributed by atoms with Crippen molar-refractivity contribution < 1.29 is 9.53 Å². The number of nitrogens with one attached hydrogen (secondary N) is 1. The quantitative estimate of drug-likeness (QED) is 0.803. The molecule has 1 aromatic heterocycles.